The van der Waals surface area contributed by atoms with Crippen molar-refractivity contribution in [2.45, 2.75) is 13.5 Å². The summed E-state index contributed by atoms with van der Waals surface area (Å²) in [5, 5.41) is 7.38. The van der Waals surface area contributed by atoms with Crippen molar-refractivity contribution in [3.63, 3.8) is 0 Å². The molecule has 0 aliphatic heterocycles. The minimum Gasteiger partial charge on any atom is -0.497 e. The Bertz CT molecular complexity index is 1370. The third-order valence-corrected chi connectivity index (χ3v) is 5.43. The summed E-state index contributed by atoms with van der Waals surface area (Å²) in [4.78, 5) is 29.6. The molecular weight excluding hydrogens is 426 g/mol. The number of aromatic nitrogens is 3. The molecule has 4 rings (SSSR count). The maximum absolute atomic E-state index is 13.8. The number of hydrogen-bond acceptors (Lipinski definition) is 6. The minimum absolute atomic E-state index is 0.191. The first-order valence-corrected chi connectivity index (χ1v) is 9.95. The first kappa shape index (κ1) is 20.6. The lowest BCUT2D eigenvalue weighted by molar-refractivity contribution is -0.117. The van der Waals surface area contributed by atoms with E-state index in [9.17, 15) is 18.4 Å². The van der Waals surface area contributed by atoms with Gasteiger partial charge in [-0.15, -0.1) is 11.3 Å². The Morgan fingerprint density at radius 1 is 1.23 bits per heavy atom. The lowest BCUT2D eigenvalue weighted by Gasteiger charge is -2.10. The largest absolute Gasteiger partial charge is 0.497 e. The van der Waals surface area contributed by atoms with Gasteiger partial charge in [0.25, 0.3) is 5.56 Å². The Hall–Kier alpha value is -3.66. The van der Waals surface area contributed by atoms with Crippen LogP contribution in [0.4, 0.5) is 14.5 Å². The summed E-state index contributed by atoms with van der Waals surface area (Å²) >= 11 is 1.32. The van der Waals surface area contributed by atoms with E-state index in [1.165, 1.54) is 11.3 Å². The lowest BCUT2D eigenvalue weighted by Crippen LogP contribution is -2.30. The molecule has 2 aromatic heterocycles. The number of amides is 1. The van der Waals surface area contributed by atoms with Crippen LogP contribution < -0.4 is 15.6 Å². The molecule has 0 atom stereocenters. The van der Waals surface area contributed by atoms with E-state index in [0.717, 1.165) is 16.8 Å². The third kappa shape index (κ3) is 4.15. The Morgan fingerprint density at radius 2 is 2.03 bits per heavy atom. The van der Waals surface area contributed by atoms with Crippen molar-refractivity contribution in [1.29, 1.82) is 0 Å². The highest BCUT2D eigenvalue weighted by molar-refractivity contribution is 7.19. The number of methoxy groups -OCH3 is 1. The van der Waals surface area contributed by atoms with Crippen molar-refractivity contribution in [2.24, 2.45) is 0 Å². The van der Waals surface area contributed by atoms with Crippen molar-refractivity contribution in [1.82, 2.24) is 14.8 Å². The van der Waals surface area contributed by atoms with E-state index in [0.29, 0.717) is 32.8 Å². The highest BCUT2D eigenvalue weighted by Crippen LogP contribution is 2.31. The van der Waals surface area contributed by atoms with Gasteiger partial charge in [-0.25, -0.2) is 18.4 Å². The van der Waals surface area contributed by atoms with E-state index >= 15 is 0 Å². The zero-order chi connectivity index (χ0) is 22.1. The van der Waals surface area contributed by atoms with Crippen molar-refractivity contribution in [3.8, 4) is 17.0 Å². The molecule has 2 heterocycles. The fourth-order valence-electron chi connectivity index (χ4n) is 3.05. The molecule has 4 aromatic rings. The molecule has 7 nitrogen and oxygen atoms in total. The number of aryl methyl sites for hydroxylation is 1. The third-order valence-electron chi connectivity index (χ3n) is 4.45. The summed E-state index contributed by atoms with van der Waals surface area (Å²) < 4.78 is 33.7. The highest BCUT2D eigenvalue weighted by atomic mass is 32.1. The second-order valence-electron chi connectivity index (χ2n) is 6.63. The number of nitrogens with one attached hydrogen (secondary N) is 1. The van der Waals surface area contributed by atoms with Crippen LogP contribution in [0.3, 0.4) is 0 Å². The van der Waals surface area contributed by atoms with Crippen LogP contribution in [0.25, 0.3) is 21.5 Å². The Kier molecular flexibility index (Phi) is 5.47. The Morgan fingerprint density at radius 3 is 2.77 bits per heavy atom. The molecular formula is C21H16F2N4O3S. The molecule has 0 radical (unpaired) electrons. The predicted molar refractivity (Wildman–Crippen MR) is 113 cm³/mol. The number of anilines is 1. The highest BCUT2D eigenvalue weighted by Gasteiger charge is 2.19. The van der Waals surface area contributed by atoms with E-state index in [-0.39, 0.29) is 11.2 Å². The van der Waals surface area contributed by atoms with E-state index in [2.05, 4.69) is 15.4 Å². The molecule has 1 N–H and O–H groups in total. The standard InChI is InChI=1S/C21H16F2N4O3S/c1-11-24-19-20(31-11)18(12-4-3-5-14(8-12)30-2)26-27(21(19)29)10-17(28)25-16-7-6-13(22)9-15(16)23/h3-9H,10H2,1-2H3,(H,25,28). The van der Waals surface area contributed by atoms with Gasteiger partial charge < -0.3 is 10.1 Å². The molecule has 158 valence electrons. The van der Waals surface area contributed by atoms with Crippen LogP contribution in [-0.2, 0) is 11.3 Å². The number of nitrogens with zero attached hydrogens (tertiary/aromatic N) is 3. The van der Waals surface area contributed by atoms with Gasteiger partial charge in [-0.3, -0.25) is 9.59 Å². The number of ether oxygens (including phenoxy) is 1. The van der Waals surface area contributed by atoms with Gasteiger partial charge >= 0.3 is 0 Å². The predicted octanol–water partition coefficient (Wildman–Crippen LogP) is 3.75. The first-order valence-electron chi connectivity index (χ1n) is 9.13. The van der Waals surface area contributed by atoms with Gasteiger partial charge in [0.15, 0.2) is 5.52 Å². The number of rotatable bonds is 5. The molecule has 0 saturated carbocycles. The van der Waals surface area contributed by atoms with E-state index in [1.54, 1.807) is 32.2 Å². The summed E-state index contributed by atoms with van der Waals surface area (Å²) in [5.74, 6) is -1.77. The topological polar surface area (TPSA) is 86.1 Å². The number of thiazole rings is 1. The quantitative estimate of drug-likeness (QED) is 0.509. The summed E-state index contributed by atoms with van der Waals surface area (Å²) in [6, 6.07) is 9.92. The molecule has 0 aliphatic rings. The van der Waals surface area contributed by atoms with Crippen LogP contribution >= 0.6 is 11.3 Å². The molecule has 0 saturated heterocycles. The Labute approximate surface area is 178 Å². The van der Waals surface area contributed by atoms with Crippen LogP contribution in [0.5, 0.6) is 5.75 Å². The summed E-state index contributed by atoms with van der Waals surface area (Å²) in [6.45, 7) is 1.30. The molecule has 0 fully saturated rings. The van der Waals surface area contributed by atoms with Gasteiger partial charge in [-0.2, -0.15) is 5.10 Å². The molecule has 0 spiro atoms. The maximum Gasteiger partial charge on any atom is 0.294 e. The molecule has 10 heteroatoms. The zero-order valence-electron chi connectivity index (χ0n) is 16.5. The fourth-order valence-corrected chi connectivity index (χ4v) is 3.97. The number of fused-ring (bicyclic) bond motifs is 1. The number of hydrogen-bond donors (Lipinski definition) is 1. The van der Waals surface area contributed by atoms with Crippen molar-refractivity contribution in [2.75, 3.05) is 12.4 Å². The zero-order valence-corrected chi connectivity index (χ0v) is 17.3. The van der Waals surface area contributed by atoms with Crippen LogP contribution in [0, 0.1) is 18.6 Å². The second-order valence-corrected chi connectivity index (χ2v) is 7.83. The second kappa shape index (κ2) is 8.23. The van der Waals surface area contributed by atoms with E-state index in [1.807, 2.05) is 6.07 Å². The molecule has 0 bridgehead atoms. The molecule has 31 heavy (non-hydrogen) atoms. The van der Waals surface area contributed by atoms with Gasteiger partial charge in [-0.1, -0.05) is 12.1 Å². The summed E-state index contributed by atoms with van der Waals surface area (Å²) in [6.07, 6.45) is 0. The Balaban J connectivity index is 1.74. The minimum atomic E-state index is -0.920. The van der Waals surface area contributed by atoms with Crippen molar-refractivity contribution < 1.29 is 18.3 Å². The van der Waals surface area contributed by atoms with Gasteiger partial charge in [-0.05, 0) is 31.2 Å². The molecule has 0 unspecified atom stereocenters. The van der Waals surface area contributed by atoms with E-state index in [4.69, 9.17) is 4.74 Å². The summed E-state index contributed by atoms with van der Waals surface area (Å²) in [7, 11) is 1.54. The average molecular weight is 442 g/mol. The molecule has 2 aromatic carbocycles. The van der Waals surface area contributed by atoms with Crippen LogP contribution in [-0.4, -0.2) is 27.8 Å². The van der Waals surface area contributed by atoms with Gasteiger partial charge in [0.1, 0.15) is 29.6 Å². The number of benzene rings is 2. The van der Waals surface area contributed by atoms with Crippen LogP contribution in [0.15, 0.2) is 47.3 Å². The lowest BCUT2D eigenvalue weighted by atomic mass is 10.1. The fraction of sp³-hybridized carbons (Fsp3) is 0.143. The average Bonchev–Trinajstić information content (AvgIpc) is 3.14. The smallest absolute Gasteiger partial charge is 0.294 e. The van der Waals surface area contributed by atoms with Crippen LogP contribution in [0.2, 0.25) is 0 Å². The van der Waals surface area contributed by atoms with Crippen molar-refractivity contribution >= 4 is 33.1 Å². The van der Waals surface area contributed by atoms with Gasteiger partial charge in [0, 0.05) is 11.6 Å². The maximum atomic E-state index is 13.8. The monoisotopic (exact) mass is 442 g/mol. The summed E-state index contributed by atoms with van der Waals surface area (Å²) in [5.41, 5.74) is 0.612. The number of carbonyl (C=O) groups is 1. The first-order chi connectivity index (χ1) is 14.9. The van der Waals surface area contributed by atoms with E-state index < -0.39 is 29.6 Å². The van der Waals surface area contributed by atoms with Gasteiger partial charge in [0.05, 0.1) is 22.5 Å². The van der Waals surface area contributed by atoms with Crippen molar-refractivity contribution in [3.05, 3.63) is 69.5 Å². The molecule has 0 aliphatic carbocycles. The van der Waals surface area contributed by atoms with Crippen LogP contribution in [0.1, 0.15) is 5.01 Å². The molecule has 1 amide bonds. The SMILES string of the molecule is COc1cccc(-c2nn(CC(=O)Nc3ccc(F)cc3F)c(=O)c3nc(C)sc23)c1. The normalized spacial score (nSPS) is 11.0. The number of halogens is 2. The van der Waals surface area contributed by atoms with Gasteiger partial charge in [0.2, 0.25) is 5.91 Å². The number of carbonyl (C=O) groups excluding carboxylic acids is 1.